The number of hydrogen-bond acceptors (Lipinski definition) is 3. The smallest absolute Gasteiger partial charge is 0.423 e. The van der Waals surface area contributed by atoms with Crippen molar-refractivity contribution in [3.05, 3.63) is 65.5 Å². The molecule has 3 nitrogen and oxygen atoms in total. The lowest BCUT2D eigenvalue weighted by atomic mass is 9.79. The van der Waals surface area contributed by atoms with Gasteiger partial charge in [-0.05, 0) is 41.6 Å². The molecule has 5 heteroatoms. The number of aryl methyl sites for hydroxylation is 1. The largest absolute Gasteiger partial charge is 0.488 e. The fraction of sp³-hybridized carbons (Fsp3) is 0.250. The van der Waals surface area contributed by atoms with Crippen LogP contribution in [0, 0.1) is 5.82 Å². The molecule has 0 spiro atoms. The van der Waals surface area contributed by atoms with Gasteiger partial charge in [-0.3, -0.25) is 0 Å². The minimum atomic E-state index is -1.67. The molecule has 0 fully saturated rings. The molecule has 0 heterocycles. The first-order valence-electron chi connectivity index (χ1n) is 6.92. The van der Waals surface area contributed by atoms with E-state index in [2.05, 4.69) is 12.1 Å². The number of halogens is 1. The maximum atomic E-state index is 13.3. The highest BCUT2D eigenvalue weighted by Gasteiger charge is 2.13. The van der Waals surface area contributed by atoms with Crippen LogP contribution in [0.25, 0.3) is 0 Å². The summed E-state index contributed by atoms with van der Waals surface area (Å²) in [6, 6.07) is 14.1. The SMILES string of the molecule is OB(O)c1cc(F)cc(COCCCc2ccccc2)c1. The van der Waals surface area contributed by atoms with Crippen molar-refractivity contribution < 1.29 is 19.2 Å². The summed E-state index contributed by atoms with van der Waals surface area (Å²) in [6.07, 6.45) is 1.82. The van der Waals surface area contributed by atoms with Crippen LogP contribution >= 0.6 is 0 Å². The molecule has 0 atom stereocenters. The lowest BCUT2D eigenvalue weighted by Crippen LogP contribution is -2.30. The Kier molecular flexibility index (Phi) is 5.93. The molecule has 110 valence electrons. The van der Waals surface area contributed by atoms with Crippen molar-refractivity contribution in [2.24, 2.45) is 0 Å². The van der Waals surface area contributed by atoms with E-state index in [1.807, 2.05) is 18.2 Å². The van der Waals surface area contributed by atoms with Gasteiger partial charge < -0.3 is 14.8 Å². The molecule has 0 radical (unpaired) electrons. The summed E-state index contributed by atoms with van der Waals surface area (Å²) in [5.74, 6) is -0.497. The summed E-state index contributed by atoms with van der Waals surface area (Å²) in [5, 5.41) is 18.1. The average molecular weight is 288 g/mol. The van der Waals surface area contributed by atoms with Crippen LogP contribution in [-0.2, 0) is 17.8 Å². The Bertz CT molecular complexity index is 561. The molecule has 0 bridgehead atoms. The van der Waals surface area contributed by atoms with Gasteiger partial charge in [0.1, 0.15) is 5.82 Å². The molecule has 2 aromatic rings. The van der Waals surface area contributed by atoms with Gasteiger partial charge in [0, 0.05) is 6.61 Å². The average Bonchev–Trinajstić information content (AvgIpc) is 2.47. The Balaban J connectivity index is 1.76. The molecule has 0 aliphatic carbocycles. The van der Waals surface area contributed by atoms with Crippen LogP contribution < -0.4 is 5.46 Å². The molecule has 0 aliphatic rings. The maximum absolute atomic E-state index is 13.3. The minimum absolute atomic E-state index is 0.137. The van der Waals surface area contributed by atoms with Gasteiger partial charge in [-0.15, -0.1) is 0 Å². The molecule has 0 saturated heterocycles. The zero-order valence-electron chi connectivity index (χ0n) is 11.7. The maximum Gasteiger partial charge on any atom is 0.488 e. The minimum Gasteiger partial charge on any atom is -0.423 e. The third kappa shape index (κ3) is 5.30. The third-order valence-corrected chi connectivity index (χ3v) is 3.14. The van der Waals surface area contributed by atoms with Crippen LogP contribution in [0.15, 0.2) is 48.5 Å². The monoisotopic (exact) mass is 288 g/mol. The molecular weight excluding hydrogens is 270 g/mol. The van der Waals surface area contributed by atoms with Crippen molar-refractivity contribution in [2.75, 3.05) is 6.61 Å². The highest BCUT2D eigenvalue weighted by atomic mass is 19.1. The molecular formula is C16H18BFO3. The highest BCUT2D eigenvalue weighted by Crippen LogP contribution is 2.06. The van der Waals surface area contributed by atoms with Crippen LogP contribution in [0.4, 0.5) is 4.39 Å². The number of hydrogen-bond donors (Lipinski definition) is 2. The number of benzene rings is 2. The Hall–Kier alpha value is -1.69. The van der Waals surface area contributed by atoms with E-state index < -0.39 is 12.9 Å². The first-order chi connectivity index (χ1) is 10.1. The Morgan fingerprint density at radius 3 is 2.48 bits per heavy atom. The fourth-order valence-electron chi connectivity index (χ4n) is 2.12. The molecule has 0 unspecified atom stereocenters. The van der Waals surface area contributed by atoms with E-state index in [0.717, 1.165) is 18.9 Å². The Morgan fingerprint density at radius 2 is 1.76 bits per heavy atom. The second-order valence-electron chi connectivity index (χ2n) is 4.91. The van der Waals surface area contributed by atoms with Crippen molar-refractivity contribution in [3.63, 3.8) is 0 Å². The van der Waals surface area contributed by atoms with E-state index in [4.69, 9.17) is 14.8 Å². The Labute approximate surface area is 124 Å². The topological polar surface area (TPSA) is 49.7 Å². The Morgan fingerprint density at radius 1 is 1.00 bits per heavy atom. The lowest BCUT2D eigenvalue weighted by Gasteiger charge is -2.07. The van der Waals surface area contributed by atoms with Gasteiger partial charge >= 0.3 is 7.12 Å². The zero-order valence-corrected chi connectivity index (χ0v) is 11.7. The third-order valence-electron chi connectivity index (χ3n) is 3.14. The first-order valence-corrected chi connectivity index (χ1v) is 6.92. The van der Waals surface area contributed by atoms with Gasteiger partial charge in [-0.25, -0.2) is 4.39 Å². The fourth-order valence-corrected chi connectivity index (χ4v) is 2.12. The summed E-state index contributed by atoms with van der Waals surface area (Å²) < 4.78 is 18.8. The number of ether oxygens (including phenoxy) is 1. The van der Waals surface area contributed by atoms with E-state index in [9.17, 15) is 4.39 Å². The second-order valence-corrected chi connectivity index (χ2v) is 4.91. The predicted molar refractivity (Wildman–Crippen MR) is 80.6 cm³/mol. The van der Waals surface area contributed by atoms with Crippen molar-refractivity contribution in [2.45, 2.75) is 19.4 Å². The molecule has 0 saturated carbocycles. The normalized spacial score (nSPS) is 10.6. The van der Waals surface area contributed by atoms with Crippen LogP contribution in [0.5, 0.6) is 0 Å². The van der Waals surface area contributed by atoms with E-state index in [1.165, 1.54) is 17.7 Å². The van der Waals surface area contributed by atoms with Crippen molar-refractivity contribution in [3.8, 4) is 0 Å². The molecule has 0 aliphatic heterocycles. The zero-order chi connectivity index (χ0) is 15.1. The molecule has 2 rings (SSSR count). The van der Waals surface area contributed by atoms with Gasteiger partial charge in [0.25, 0.3) is 0 Å². The predicted octanol–water partition coefficient (Wildman–Crippen LogP) is 1.65. The standard InChI is InChI=1S/C16H18BFO3/c18-16-10-14(9-15(11-16)17(19)20)12-21-8-4-7-13-5-2-1-3-6-13/h1-3,5-6,9-11,19-20H,4,7-8,12H2. The molecule has 2 aromatic carbocycles. The van der Waals surface area contributed by atoms with E-state index in [-0.39, 0.29) is 12.1 Å². The molecule has 0 amide bonds. The highest BCUT2D eigenvalue weighted by molar-refractivity contribution is 6.58. The molecule has 2 N–H and O–H groups in total. The van der Waals surface area contributed by atoms with E-state index in [1.54, 1.807) is 0 Å². The molecule has 0 aromatic heterocycles. The van der Waals surface area contributed by atoms with Gasteiger partial charge in [-0.1, -0.05) is 36.4 Å². The van der Waals surface area contributed by atoms with Gasteiger partial charge in [-0.2, -0.15) is 0 Å². The van der Waals surface area contributed by atoms with E-state index >= 15 is 0 Å². The van der Waals surface area contributed by atoms with Crippen molar-refractivity contribution in [1.82, 2.24) is 0 Å². The van der Waals surface area contributed by atoms with Gasteiger partial charge in [0.2, 0.25) is 0 Å². The lowest BCUT2D eigenvalue weighted by molar-refractivity contribution is 0.118. The van der Waals surface area contributed by atoms with Crippen LogP contribution in [-0.4, -0.2) is 23.8 Å². The second kappa shape index (κ2) is 7.93. The summed E-state index contributed by atoms with van der Waals surface area (Å²) in [7, 11) is -1.67. The van der Waals surface area contributed by atoms with Gasteiger partial charge in [0.15, 0.2) is 0 Å². The summed E-state index contributed by atoms with van der Waals surface area (Å²) in [6.45, 7) is 0.828. The summed E-state index contributed by atoms with van der Waals surface area (Å²) in [4.78, 5) is 0. The quantitative estimate of drug-likeness (QED) is 0.601. The van der Waals surface area contributed by atoms with Crippen LogP contribution in [0.1, 0.15) is 17.5 Å². The first kappa shape index (κ1) is 15.7. The van der Waals surface area contributed by atoms with Crippen LogP contribution in [0.2, 0.25) is 0 Å². The number of rotatable bonds is 7. The van der Waals surface area contributed by atoms with Crippen LogP contribution in [0.3, 0.4) is 0 Å². The summed E-state index contributed by atoms with van der Waals surface area (Å²) >= 11 is 0. The van der Waals surface area contributed by atoms with E-state index in [0.29, 0.717) is 12.2 Å². The van der Waals surface area contributed by atoms with Gasteiger partial charge in [0.05, 0.1) is 6.61 Å². The summed E-state index contributed by atoms with van der Waals surface area (Å²) in [5.41, 5.74) is 1.99. The van der Waals surface area contributed by atoms with Crippen molar-refractivity contribution in [1.29, 1.82) is 0 Å². The van der Waals surface area contributed by atoms with Crippen molar-refractivity contribution >= 4 is 12.6 Å². The molecule has 21 heavy (non-hydrogen) atoms.